The van der Waals surface area contributed by atoms with Crippen LogP contribution in [-0.4, -0.2) is 31.3 Å². The summed E-state index contributed by atoms with van der Waals surface area (Å²) < 4.78 is 5.01. The van der Waals surface area contributed by atoms with Gasteiger partial charge in [-0.15, -0.1) is 0 Å². The first-order valence-electron chi connectivity index (χ1n) is 4.78. The Morgan fingerprint density at radius 2 is 2.27 bits per heavy atom. The van der Waals surface area contributed by atoms with Crippen molar-refractivity contribution in [3.63, 3.8) is 0 Å². The van der Waals surface area contributed by atoms with Gasteiger partial charge >= 0.3 is 0 Å². The first-order chi connectivity index (χ1) is 7.15. The fraction of sp³-hybridized carbons (Fsp3) is 0.364. The molecule has 0 atom stereocenters. The molecular formula is C11H15NO3. The number of phenolic OH excluding ortho intramolecular Hbond substituents is 1. The molecule has 0 spiro atoms. The van der Waals surface area contributed by atoms with Crippen LogP contribution in [0.1, 0.15) is 6.92 Å². The maximum absolute atomic E-state index is 11.5. The molecule has 0 saturated carbocycles. The fourth-order valence-electron chi connectivity index (χ4n) is 1.13. The SMILES string of the molecule is CCOCC(=O)N(C)c1cccc(O)c1. The largest absolute Gasteiger partial charge is 0.508 e. The summed E-state index contributed by atoms with van der Waals surface area (Å²) in [5.74, 6) is 0.00556. The quantitative estimate of drug-likeness (QED) is 0.815. The topological polar surface area (TPSA) is 49.8 Å². The van der Waals surface area contributed by atoms with Gasteiger partial charge in [-0.25, -0.2) is 0 Å². The molecule has 4 nitrogen and oxygen atoms in total. The van der Waals surface area contributed by atoms with Gasteiger partial charge in [-0.2, -0.15) is 0 Å². The van der Waals surface area contributed by atoms with E-state index in [2.05, 4.69) is 0 Å². The molecule has 0 bridgehead atoms. The third-order valence-electron chi connectivity index (χ3n) is 2.02. The number of hydrogen-bond acceptors (Lipinski definition) is 3. The Labute approximate surface area is 89.1 Å². The minimum absolute atomic E-state index is 0.0582. The summed E-state index contributed by atoms with van der Waals surface area (Å²) in [5, 5.41) is 9.25. The lowest BCUT2D eigenvalue weighted by molar-refractivity contribution is -0.122. The zero-order chi connectivity index (χ0) is 11.3. The van der Waals surface area contributed by atoms with E-state index < -0.39 is 0 Å². The fourth-order valence-corrected chi connectivity index (χ4v) is 1.13. The van der Waals surface area contributed by atoms with E-state index in [4.69, 9.17) is 4.74 Å². The van der Waals surface area contributed by atoms with Crippen LogP contribution in [0.3, 0.4) is 0 Å². The summed E-state index contributed by atoms with van der Waals surface area (Å²) in [6, 6.07) is 6.53. The summed E-state index contributed by atoms with van der Waals surface area (Å²) in [7, 11) is 1.65. The number of ether oxygens (including phenoxy) is 1. The highest BCUT2D eigenvalue weighted by molar-refractivity contribution is 5.93. The van der Waals surface area contributed by atoms with Crippen molar-refractivity contribution in [3.05, 3.63) is 24.3 Å². The first-order valence-corrected chi connectivity index (χ1v) is 4.78. The molecule has 1 aromatic carbocycles. The summed E-state index contributed by atoms with van der Waals surface area (Å²) >= 11 is 0. The van der Waals surface area contributed by atoms with Crippen molar-refractivity contribution in [1.29, 1.82) is 0 Å². The zero-order valence-corrected chi connectivity index (χ0v) is 8.93. The van der Waals surface area contributed by atoms with Gasteiger partial charge in [-0.05, 0) is 19.1 Å². The van der Waals surface area contributed by atoms with Crippen molar-refractivity contribution in [3.8, 4) is 5.75 Å². The third kappa shape index (κ3) is 3.25. The molecule has 15 heavy (non-hydrogen) atoms. The van der Waals surface area contributed by atoms with Gasteiger partial charge in [0.05, 0.1) is 0 Å². The smallest absolute Gasteiger partial charge is 0.252 e. The van der Waals surface area contributed by atoms with Crippen LogP contribution < -0.4 is 4.90 Å². The molecule has 0 aliphatic heterocycles. The monoisotopic (exact) mass is 209 g/mol. The molecule has 4 heteroatoms. The minimum atomic E-state index is -0.137. The number of anilines is 1. The standard InChI is InChI=1S/C11H15NO3/c1-3-15-8-11(14)12(2)9-5-4-6-10(13)7-9/h4-7,13H,3,8H2,1-2H3. The van der Waals surface area contributed by atoms with E-state index in [9.17, 15) is 9.90 Å². The number of aromatic hydroxyl groups is 1. The van der Waals surface area contributed by atoms with Crippen molar-refractivity contribution in [1.82, 2.24) is 0 Å². The first kappa shape index (κ1) is 11.5. The Hall–Kier alpha value is -1.55. The van der Waals surface area contributed by atoms with Crippen molar-refractivity contribution >= 4 is 11.6 Å². The van der Waals surface area contributed by atoms with E-state index in [1.807, 2.05) is 6.92 Å². The van der Waals surface area contributed by atoms with Crippen LogP contribution in [0.2, 0.25) is 0 Å². The van der Waals surface area contributed by atoms with Crippen LogP contribution in [0.25, 0.3) is 0 Å². The molecule has 0 saturated heterocycles. The van der Waals surface area contributed by atoms with Crippen LogP contribution in [-0.2, 0) is 9.53 Å². The van der Waals surface area contributed by atoms with Gasteiger partial charge in [0.15, 0.2) is 0 Å². The highest BCUT2D eigenvalue weighted by Crippen LogP contribution is 2.18. The molecule has 0 aliphatic rings. The Balaban J connectivity index is 2.67. The number of hydrogen-bond donors (Lipinski definition) is 1. The van der Waals surface area contributed by atoms with Gasteiger partial charge in [0.25, 0.3) is 5.91 Å². The third-order valence-corrected chi connectivity index (χ3v) is 2.02. The summed E-state index contributed by atoms with van der Waals surface area (Å²) in [6.45, 7) is 2.41. The molecule has 0 unspecified atom stereocenters. The van der Waals surface area contributed by atoms with Crippen LogP contribution in [0, 0.1) is 0 Å². The molecule has 0 heterocycles. The van der Waals surface area contributed by atoms with E-state index in [0.29, 0.717) is 12.3 Å². The molecule has 1 rings (SSSR count). The van der Waals surface area contributed by atoms with Gasteiger partial charge in [0.2, 0.25) is 0 Å². The van der Waals surface area contributed by atoms with Crippen LogP contribution in [0.15, 0.2) is 24.3 Å². The second kappa shape index (κ2) is 5.36. The zero-order valence-electron chi connectivity index (χ0n) is 8.93. The van der Waals surface area contributed by atoms with Gasteiger partial charge in [0.1, 0.15) is 12.4 Å². The molecule has 0 radical (unpaired) electrons. The lowest BCUT2D eigenvalue weighted by Gasteiger charge is -2.17. The Kier molecular flexibility index (Phi) is 4.12. The molecule has 1 aromatic rings. The number of rotatable bonds is 4. The van der Waals surface area contributed by atoms with Crippen molar-refractivity contribution in [2.24, 2.45) is 0 Å². The van der Waals surface area contributed by atoms with E-state index >= 15 is 0 Å². The van der Waals surface area contributed by atoms with E-state index in [1.54, 1.807) is 25.2 Å². The highest BCUT2D eigenvalue weighted by atomic mass is 16.5. The number of nitrogens with zero attached hydrogens (tertiary/aromatic N) is 1. The second-order valence-electron chi connectivity index (χ2n) is 3.11. The van der Waals surface area contributed by atoms with Crippen molar-refractivity contribution in [2.45, 2.75) is 6.92 Å². The van der Waals surface area contributed by atoms with E-state index in [-0.39, 0.29) is 18.3 Å². The van der Waals surface area contributed by atoms with E-state index in [1.165, 1.54) is 11.0 Å². The lowest BCUT2D eigenvalue weighted by atomic mass is 10.3. The molecule has 0 aliphatic carbocycles. The Bertz CT molecular complexity index is 338. The van der Waals surface area contributed by atoms with Crippen molar-refractivity contribution in [2.75, 3.05) is 25.2 Å². The van der Waals surface area contributed by atoms with Gasteiger partial charge < -0.3 is 14.7 Å². The number of phenols is 1. The minimum Gasteiger partial charge on any atom is -0.508 e. The summed E-state index contributed by atoms with van der Waals surface area (Å²) in [5.41, 5.74) is 0.653. The maximum Gasteiger partial charge on any atom is 0.252 e. The predicted octanol–water partition coefficient (Wildman–Crippen LogP) is 1.39. The number of carbonyl (C=O) groups is 1. The predicted molar refractivity (Wildman–Crippen MR) is 58.0 cm³/mol. The molecule has 1 amide bonds. The molecule has 82 valence electrons. The number of benzene rings is 1. The van der Waals surface area contributed by atoms with E-state index in [0.717, 1.165) is 0 Å². The number of likely N-dealkylation sites (N-methyl/N-ethyl adjacent to an activating group) is 1. The lowest BCUT2D eigenvalue weighted by Crippen LogP contribution is -2.30. The normalized spacial score (nSPS) is 10.0. The summed E-state index contributed by atoms with van der Waals surface area (Å²) in [4.78, 5) is 13.0. The highest BCUT2D eigenvalue weighted by Gasteiger charge is 2.10. The van der Waals surface area contributed by atoms with Gasteiger partial charge in [-0.3, -0.25) is 4.79 Å². The number of amides is 1. The molecular weight excluding hydrogens is 194 g/mol. The average molecular weight is 209 g/mol. The number of carbonyl (C=O) groups excluding carboxylic acids is 1. The van der Waals surface area contributed by atoms with Gasteiger partial charge in [-0.1, -0.05) is 6.07 Å². The van der Waals surface area contributed by atoms with Crippen LogP contribution >= 0.6 is 0 Å². The van der Waals surface area contributed by atoms with Crippen LogP contribution in [0.4, 0.5) is 5.69 Å². The molecule has 1 N–H and O–H groups in total. The maximum atomic E-state index is 11.5. The average Bonchev–Trinajstić information content (AvgIpc) is 2.24. The Morgan fingerprint density at radius 1 is 1.53 bits per heavy atom. The molecule has 0 aromatic heterocycles. The second-order valence-corrected chi connectivity index (χ2v) is 3.11. The molecule has 0 fully saturated rings. The van der Waals surface area contributed by atoms with Crippen LogP contribution in [0.5, 0.6) is 5.75 Å². The summed E-state index contributed by atoms with van der Waals surface area (Å²) in [6.07, 6.45) is 0. The van der Waals surface area contributed by atoms with Gasteiger partial charge in [0, 0.05) is 25.4 Å². The Morgan fingerprint density at radius 3 is 2.87 bits per heavy atom. The van der Waals surface area contributed by atoms with Crippen molar-refractivity contribution < 1.29 is 14.6 Å².